The first-order valence-electron chi connectivity index (χ1n) is 12.8. The Bertz CT molecular complexity index is 851. The second-order valence-electron chi connectivity index (χ2n) is 11.9. The Kier molecular flexibility index (Phi) is 5.56. The number of aromatic nitrogens is 1. The molecule has 2 nitrogen and oxygen atoms in total. The van der Waals surface area contributed by atoms with Crippen LogP contribution in [-0.4, -0.2) is 16.2 Å². The third-order valence-corrected chi connectivity index (χ3v) is 10.5. The molecule has 1 aromatic heterocycles. The number of pyridine rings is 1. The highest BCUT2D eigenvalue weighted by atomic mass is 19.1. The highest BCUT2D eigenvalue weighted by Crippen LogP contribution is 2.67. The number of halogens is 1. The molecular weight excluding hydrogens is 385 g/mol. The maximum atomic E-state index is 13.5. The number of aliphatic hydroxyl groups is 1. The van der Waals surface area contributed by atoms with Crippen LogP contribution in [0.25, 0.3) is 0 Å². The lowest BCUT2D eigenvalue weighted by Gasteiger charge is -2.58. The van der Waals surface area contributed by atoms with E-state index in [9.17, 15) is 9.50 Å². The van der Waals surface area contributed by atoms with E-state index in [1.807, 2.05) is 6.07 Å². The van der Waals surface area contributed by atoms with Crippen LogP contribution in [0, 0.1) is 46.4 Å². The zero-order chi connectivity index (χ0) is 21.8. The summed E-state index contributed by atoms with van der Waals surface area (Å²) in [4.78, 5) is 4.08. The molecule has 4 aliphatic rings. The molecule has 0 spiro atoms. The van der Waals surface area contributed by atoms with E-state index in [1.165, 1.54) is 44.6 Å². The predicted molar refractivity (Wildman–Crippen MR) is 123 cm³/mol. The number of aliphatic hydroxyl groups excluding tert-OH is 1. The van der Waals surface area contributed by atoms with Crippen LogP contribution in [0.3, 0.4) is 0 Å². The van der Waals surface area contributed by atoms with Crippen molar-refractivity contribution in [3.63, 3.8) is 0 Å². The van der Waals surface area contributed by atoms with E-state index >= 15 is 0 Å². The van der Waals surface area contributed by atoms with Crippen molar-refractivity contribution < 1.29 is 9.50 Å². The van der Waals surface area contributed by atoms with E-state index in [2.05, 4.69) is 31.8 Å². The quantitative estimate of drug-likeness (QED) is 0.428. The summed E-state index contributed by atoms with van der Waals surface area (Å²) in [5.74, 6) is 3.55. The molecule has 0 amide bonds. The molecule has 3 heteroatoms. The molecule has 1 heterocycles. The number of allylic oxidation sites excluding steroid dienone is 1. The lowest BCUT2D eigenvalue weighted by atomic mass is 9.47. The molecule has 0 unspecified atom stereocenters. The summed E-state index contributed by atoms with van der Waals surface area (Å²) in [7, 11) is 0. The van der Waals surface area contributed by atoms with Crippen LogP contribution in [-0.2, 0) is 6.42 Å². The second-order valence-corrected chi connectivity index (χ2v) is 11.9. The molecule has 3 saturated carbocycles. The van der Waals surface area contributed by atoms with Gasteiger partial charge in [0.1, 0.15) is 0 Å². The molecule has 0 bridgehead atoms. The van der Waals surface area contributed by atoms with Crippen LogP contribution in [0.15, 0.2) is 29.8 Å². The normalized spacial score (nSPS) is 42.9. The van der Waals surface area contributed by atoms with Gasteiger partial charge >= 0.3 is 0 Å². The van der Waals surface area contributed by atoms with Crippen LogP contribution in [0.4, 0.5) is 4.39 Å². The summed E-state index contributed by atoms with van der Waals surface area (Å²) in [6, 6.07) is 5.19. The van der Waals surface area contributed by atoms with Crippen molar-refractivity contribution in [2.75, 3.05) is 0 Å². The van der Waals surface area contributed by atoms with Crippen LogP contribution in [0.5, 0.6) is 0 Å². The van der Waals surface area contributed by atoms with E-state index in [0.29, 0.717) is 16.7 Å². The van der Waals surface area contributed by atoms with Gasteiger partial charge in [0.05, 0.1) is 6.10 Å². The van der Waals surface area contributed by atoms with Crippen molar-refractivity contribution in [1.82, 2.24) is 4.98 Å². The number of aryl methyl sites for hydroxylation is 1. The first kappa shape index (κ1) is 21.6. The van der Waals surface area contributed by atoms with Crippen molar-refractivity contribution >= 4 is 0 Å². The van der Waals surface area contributed by atoms with Gasteiger partial charge < -0.3 is 5.11 Å². The van der Waals surface area contributed by atoms with Gasteiger partial charge in [0.25, 0.3) is 0 Å². The Morgan fingerprint density at radius 3 is 2.77 bits per heavy atom. The summed E-state index contributed by atoms with van der Waals surface area (Å²) in [6.07, 6.45) is 14.2. The molecule has 0 saturated heterocycles. The van der Waals surface area contributed by atoms with Crippen LogP contribution < -0.4 is 0 Å². The topological polar surface area (TPSA) is 33.1 Å². The fourth-order valence-corrected chi connectivity index (χ4v) is 8.78. The average Bonchev–Trinajstić information content (AvgIpc) is 3.10. The van der Waals surface area contributed by atoms with Crippen molar-refractivity contribution in [2.45, 2.75) is 91.1 Å². The van der Waals surface area contributed by atoms with E-state index in [4.69, 9.17) is 0 Å². The lowest BCUT2D eigenvalue weighted by Crippen LogP contribution is -2.50. The summed E-state index contributed by atoms with van der Waals surface area (Å²) >= 11 is 0. The zero-order valence-electron chi connectivity index (χ0n) is 19.6. The highest BCUT2D eigenvalue weighted by Gasteiger charge is 2.59. The van der Waals surface area contributed by atoms with E-state index in [1.54, 1.807) is 11.6 Å². The number of rotatable bonds is 4. The van der Waals surface area contributed by atoms with Gasteiger partial charge in [0.2, 0.25) is 5.95 Å². The third kappa shape index (κ3) is 3.59. The minimum absolute atomic E-state index is 0.117. The summed E-state index contributed by atoms with van der Waals surface area (Å²) in [6.45, 7) is 7.56. The van der Waals surface area contributed by atoms with Gasteiger partial charge in [0, 0.05) is 5.69 Å². The molecule has 31 heavy (non-hydrogen) atoms. The van der Waals surface area contributed by atoms with Crippen LogP contribution >= 0.6 is 0 Å². The van der Waals surface area contributed by atoms with Gasteiger partial charge in [-0.25, -0.2) is 4.98 Å². The van der Waals surface area contributed by atoms with E-state index < -0.39 is 0 Å². The molecule has 5 rings (SSSR count). The molecule has 1 aromatic rings. The molecule has 0 aliphatic heterocycles. The van der Waals surface area contributed by atoms with Crippen LogP contribution in [0.2, 0.25) is 0 Å². The van der Waals surface area contributed by atoms with Crippen molar-refractivity contribution in [2.24, 2.45) is 40.4 Å². The SMILES string of the molecule is C[C@H](CCc1cccc(F)n1)[C@H]1CC[C@H]2[C@@H]3CC=C4C[C@@H](O)CC[C@]4(C)[C@H]3CC[C@]12C. The van der Waals surface area contributed by atoms with Crippen molar-refractivity contribution in [3.05, 3.63) is 41.5 Å². The molecule has 3 fully saturated rings. The molecule has 0 aromatic carbocycles. The predicted octanol–water partition coefficient (Wildman–Crippen LogP) is 6.73. The maximum absolute atomic E-state index is 13.5. The zero-order valence-corrected chi connectivity index (χ0v) is 19.6. The smallest absolute Gasteiger partial charge is 0.213 e. The molecule has 4 aliphatic carbocycles. The molecule has 8 atom stereocenters. The Balaban J connectivity index is 1.31. The monoisotopic (exact) mass is 425 g/mol. The first-order chi connectivity index (χ1) is 14.8. The summed E-state index contributed by atoms with van der Waals surface area (Å²) in [5.41, 5.74) is 3.25. The fraction of sp³-hybridized carbons (Fsp3) is 0.750. The minimum Gasteiger partial charge on any atom is -0.393 e. The largest absolute Gasteiger partial charge is 0.393 e. The van der Waals surface area contributed by atoms with E-state index in [-0.39, 0.29) is 12.1 Å². The standard InChI is InChI=1S/C28H40FNO/c1-18(7-9-20-5-4-6-26(29)30-20)23-11-12-24-22-10-8-19-17-21(31)13-15-27(19,2)25(22)14-16-28(23,24)3/h4-6,8,18,21-25,31H,7,9-17H2,1-3H3/t18-,21+,22+,23-,24+,25+,27+,28-/m1/s1. The molecular formula is C28H40FNO. The Morgan fingerprint density at radius 2 is 1.97 bits per heavy atom. The van der Waals surface area contributed by atoms with Gasteiger partial charge in [-0.2, -0.15) is 4.39 Å². The van der Waals surface area contributed by atoms with Crippen molar-refractivity contribution in [1.29, 1.82) is 0 Å². The van der Waals surface area contributed by atoms with Gasteiger partial charge in [-0.3, -0.25) is 0 Å². The van der Waals surface area contributed by atoms with Gasteiger partial charge in [-0.15, -0.1) is 0 Å². The molecule has 1 N–H and O–H groups in total. The summed E-state index contributed by atoms with van der Waals surface area (Å²) in [5, 5.41) is 10.2. The second kappa shape index (κ2) is 7.97. The van der Waals surface area contributed by atoms with E-state index in [0.717, 1.165) is 55.0 Å². The number of nitrogens with zero attached hydrogens (tertiary/aromatic N) is 1. The number of hydrogen-bond donors (Lipinski definition) is 1. The van der Waals surface area contributed by atoms with Crippen molar-refractivity contribution in [3.8, 4) is 0 Å². The molecule has 0 radical (unpaired) electrons. The molecule has 170 valence electrons. The Hall–Kier alpha value is -1.22. The average molecular weight is 426 g/mol. The minimum atomic E-state index is -0.357. The fourth-order valence-electron chi connectivity index (χ4n) is 8.78. The Labute approximate surface area is 187 Å². The highest BCUT2D eigenvalue weighted by molar-refractivity contribution is 5.25. The summed E-state index contributed by atoms with van der Waals surface area (Å²) < 4.78 is 13.5. The third-order valence-electron chi connectivity index (χ3n) is 10.5. The van der Waals surface area contributed by atoms with Crippen LogP contribution in [0.1, 0.15) is 84.3 Å². The van der Waals surface area contributed by atoms with Gasteiger partial charge in [0.15, 0.2) is 0 Å². The maximum Gasteiger partial charge on any atom is 0.213 e. The number of fused-ring (bicyclic) bond motifs is 5. The Morgan fingerprint density at radius 1 is 1.13 bits per heavy atom. The number of hydrogen-bond acceptors (Lipinski definition) is 2. The van der Waals surface area contributed by atoms with Gasteiger partial charge in [-0.05, 0) is 117 Å². The first-order valence-corrected chi connectivity index (χ1v) is 12.8. The lowest BCUT2D eigenvalue weighted by molar-refractivity contribution is -0.0571. The van der Waals surface area contributed by atoms with Gasteiger partial charge in [-0.1, -0.05) is 38.5 Å².